The van der Waals surface area contributed by atoms with Gasteiger partial charge in [0.1, 0.15) is 0 Å². The Morgan fingerprint density at radius 1 is 1.00 bits per heavy atom. The lowest BCUT2D eigenvalue weighted by molar-refractivity contribution is -0.125. The first kappa shape index (κ1) is 21.5. The highest BCUT2D eigenvalue weighted by Crippen LogP contribution is 2.25. The number of hydrogen-bond donors (Lipinski definition) is 2. The molecule has 3 rings (SSSR count). The van der Waals surface area contributed by atoms with E-state index in [1.165, 1.54) is 30.6 Å². The summed E-state index contributed by atoms with van der Waals surface area (Å²) >= 11 is 1.45. The standard InChI is InChI=1S/C23H31N3O2S/c27-21(26-23-25-20(17-29-23)18-11-5-3-6-12-18)15-9-1-2-10-16-24-22(28)19-13-7-4-8-14-19/h3,5-6,11-12,17,19H,1-2,4,7-10,13-16H2,(H,24,28)(H,25,26,27). The van der Waals surface area contributed by atoms with E-state index >= 15 is 0 Å². The molecule has 1 fully saturated rings. The molecule has 0 spiro atoms. The van der Waals surface area contributed by atoms with Gasteiger partial charge in [-0.15, -0.1) is 11.3 Å². The molecule has 1 heterocycles. The van der Waals surface area contributed by atoms with Crippen LogP contribution in [0.4, 0.5) is 5.13 Å². The van der Waals surface area contributed by atoms with E-state index in [4.69, 9.17) is 0 Å². The van der Waals surface area contributed by atoms with Gasteiger partial charge in [0.05, 0.1) is 5.69 Å². The number of rotatable bonds is 10. The Morgan fingerprint density at radius 3 is 2.55 bits per heavy atom. The van der Waals surface area contributed by atoms with E-state index < -0.39 is 0 Å². The predicted octanol–water partition coefficient (Wildman–Crippen LogP) is 5.40. The molecular formula is C23H31N3O2S. The van der Waals surface area contributed by atoms with Crippen LogP contribution in [0.1, 0.15) is 64.2 Å². The number of thiazole rings is 1. The molecule has 5 nitrogen and oxygen atoms in total. The van der Waals surface area contributed by atoms with Gasteiger partial charge >= 0.3 is 0 Å². The minimum absolute atomic E-state index is 0.0181. The Morgan fingerprint density at radius 2 is 1.76 bits per heavy atom. The summed E-state index contributed by atoms with van der Waals surface area (Å²) < 4.78 is 0. The van der Waals surface area contributed by atoms with Crippen LogP contribution in [0.25, 0.3) is 11.3 Å². The van der Waals surface area contributed by atoms with Gasteiger partial charge in [-0.25, -0.2) is 4.98 Å². The molecule has 1 aliphatic carbocycles. The highest BCUT2D eigenvalue weighted by atomic mass is 32.1. The molecule has 0 unspecified atom stereocenters. The number of benzene rings is 1. The van der Waals surface area contributed by atoms with E-state index in [9.17, 15) is 9.59 Å². The third-order valence-corrected chi connectivity index (χ3v) is 6.18. The average Bonchev–Trinajstić information content (AvgIpc) is 3.22. The van der Waals surface area contributed by atoms with Crippen molar-refractivity contribution in [3.8, 4) is 11.3 Å². The highest BCUT2D eigenvalue weighted by Gasteiger charge is 2.20. The maximum atomic E-state index is 12.1. The van der Waals surface area contributed by atoms with E-state index in [-0.39, 0.29) is 17.7 Å². The molecule has 2 aromatic rings. The lowest BCUT2D eigenvalue weighted by Crippen LogP contribution is -2.32. The summed E-state index contributed by atoms with van der Waals surface area (Å²) in [5, 5.41) is 8.59. The molecule has 1 aromatic carbocycles. The SMILES string of the molecule is O=C(CCCCCCNC(=O)C1CCCCC1)Nc1nc(-c2ccccc2)cs1. The first-order valence-electron chi connectivity index (χ1n) is 10.8. The molecule has 0 saturated heterocycles. The second-order valence-corrected chi connectivity index (χ2v) is 8.60. The Hall–Kier alpha value is -2.21. The highest BCUT2D eigenvalue weighted by molar-refractivity contribution is 7.14. The van der Waals surface area contributed by atoms with E-state index in [1.54, 1.807) is 0 Å². The lowest BCUT2D eigenvalue weighted by Gasteiger charge is -2.20. The van der Waals surface area contributed by atoms with Crippen molar-refractivity contribution in [2.75, 3.05) is 11.9 Å². The summed E-state index contributed by atoms with van der Waals surface area (Å²) in [6.07, 6.45) is 10.1. The molecule has 1 aromatic heterocycles. The maximum Gasteiger partial charge on any atom is 0.226 e. The summed E-state index contributed by atoms with van der Waals surface area (Å²) in [5.41, 5.74) is 1.95. The third-order valence-electron chi connectivity index (χ3n) is 5.43. The molecule has 0 atom stereocenters. The molecular weight excluding hydrogens is 382 g/mol. The molecule has 2 N–H and O–H groups in total. The van der Waals surface area contributed by atoms with Crippen molar-refractivity contribution in [3.05, 3.63) is 35.7 Å². The van der Waals surface area contributed by atoms with Gasteiger partial charge in [-0.1, -0.05) is 62.4 Å². The van der Waals surface area contributed by atoms with Crippen LogP contribution in [-0.4, -0.2) is 23.3 Å². The fourth-order valence-corrected chi connectivity index (χ4v) is 4.48. The molecule has 156 valence electrons. The minimum atomic E-state index is 0.0181. The van der Waals surface area contributed by atoms with Crippen molar-refractivity contribution in [2.24, 2.45) is 5.92 Å². The number of hydrogen-bond acceptors (Lipinski definition) is 4. The molecule has 1 saturated carbocycles. The zero-order valence-corrected chi connectivity index (χ0v) is 17.8. The van der Waals surface area contributed by atoms with Crippen molar-refractivity contribution in [1.29, 1.82) is 0 Å². The number of anilines is 1. The van der Waals surface area contributed by atoms with Crippen LogP contribution in [0, 0.1) is 5.92 Å². The van der Waals surface area contributed by atoms with Crippen molar-refractivity contribution < 1.29 is 9.59 Å². The van der Waals surface area contributed by atoms with Gasteiger partial charge in [-0.2, -0.15) is 0 Å². The molecule has 1 aliphatic rings. The molecule has 2 amide bonds. The second-order valence-electron chi connectivity index (χ2n) is 7.74. The number of unbranched alkanes of at least 4 members (excludes halogenated alkanes) is 3. The van der Waals surface area contributed by atoms with E-state index in [2.05, 4.69) is 15.6 Å². The number of nitrogens with zero attached hydrogens (tertiary/aromatic N) is 1. The van der Waals surface area contributed by atoms with Crippen molar-refractivity contribution in [1.82, 2.24) is 10.3 Å². The number of carbonyl (C=O) groups is 2. The van der Waals surface area contributed by atoms with Crippen LogP contribution in [-0.2, 0) is 9.59 Å². The van der Waals surface area contributed by atoms with Crippen LogP contribution in [0.3, 0.4) is 0 Å². The van der Waals surface area contributed by atoms with Crippen LogP contribution in [0.5, 0.6) is 0 Å². The monoisotopic (exact) mass is 413 g/mol. The van der Waals surface area contributed by atoms with Crippen LogP contribution in [0.2, 0.25) is 0 Å². The quantitative estimate of drug-likeness (QED) is 0.513. The smallest absolute Gasteiger partial charge is 0.226 e. The van der Waals surface area contributed by atoms with Gasteiger partial charge in [0.2, 0.25) is 11.8 Å². The van der Waals surface area contributed by atoms with Crippen LogP contribution in [0.15, 0.2) is 35.7 Å². The zero-order chi connectivity index (χ0) is 20.3. The van der Waals surface area contributed by atoms with Crippen molar-refractivity contribution >= 4 is 28.3 Å². The number of nitrogens with one attached hydrogen (secondary N) is 2. The normalized spacial score (nSPS) is 14.5. The summed E-state index contributed by atoms with van der Waals surface area (Å²) in [5.74, 6) is 0.493. The first-order chi connectivity index (χ1) is 14.2. The zero-order valence-electron chi connectivity index (χ0n) is 17.0. The summed E-state index contributed by atoms with van der Waals surface area (Å²) in [7, 11) is 0. The molecule has 29 heavy (non-hydrogen) atoms. The Kier molecular flexibility index (Phi) is 8.68. The van der Waals surface area contributed by atoms with Gasteiger partial charge in [0, 0.05) is 29.8 Å². The topological polar surface area (TPSA) is 71.1 Å². The molecule has 0 aliphatic heterocycles. The van der Waals surface area contributed by atoms with Gasteiger partial charge < -0.3 is 10.6 Å². The lowest BCUT2D eigenvalue weighted by atomic mass is 9.89. The first-order valence-corrected chi connectivity index (χ1v) is 11.7. The molecule has 6 heteroatoms. The largest absolute Gasteiger partial charge is 0.356 e. The Bertz CT molecular complexity index is 769. The van der Waals surface area contributed by atoms with E-state index in [0.717, 1.165) is 56.3 Å². The van der Waals surface area contributed by atoms with Gasteiger partial charge in [-0.05, 0) is 25.7 Å². The van der Waals surface area contributed by atoms with Gasteiger partial charge in [0.15, 0.2) is 5.13 Å². The summed E-state index contributed by atoms with van der Waals surface area (Å²) in [4.78, 5) is 28.7. The fourth-order valence-electron chi connectivity index (χ4n) is 3.74. The third kappa shape index (κ3) is 7.28. The van der Waals surface area contributed by atoms with Crippen molar-refractivity contribution in [2.45, 2.75) is 64.2 Å². The maximum absolute atomic E-state index is 12.1. The summed E-state index contributed by atoms with van der Waals surface area (Å²) in [6.45, 7) is 0.753. The van der Waals surface area contributed by atoms with E-state index in [0.29, 0.717) is 11.6 Å². The van der Waals surface area contributed by atoms with Crippen LogP contribution >= 0.6 is 11.3 Å². The van der Waals surface area contributed by atoms with Crippen LogP contribution < -0.4 is 10.6 Å². The fraction of sp³-hybridized carbons (Fsp3) is 0.522. The summed E-state index contributed by atoms with van der Waals surface area (Å²) in [6, 6.07) is 9.96. The predicted molar refractivity (Wildman–Crippen MR) is 119 cm³/mol. The second kappa shape index (κ2) is 11.7. The molecule has 0 bridgehead atoms. The number of amides is 2. The average molecular weight is 414 g/mol. The number of aromatic nitrogens is 1. The van der Waals surface area contributed by atoms with Crippen molar-refractivity contribution in [3.63, 3.8) is 0 Å². The van der Waals surface area contributed by atoms with Gasteiger partial charge in [0.25, 0.3) is 0 Å². The Balaban J connectivity index is 1.24. The number of carbonyl (C=O) groups excluding carboxylic acids is 2. The van der Waals surface area contributed by atoms with Gasteiger partial charge in [-0.3, -0.25) is 9.59 Å². The Labute approximate surface area is 177 Å². The molecule has 0 radical (unpaired) electrons. The minimum Gasteiger partial charge on any atom is -0.356 e. The van der Waals surface area contributed by atoms with E-state index in [1.807, 2.05) is 35.7 Å².